The average molecular weight is 376 g/mol. The zero-order chi connectivity index (χ0) is 19.0. The van der Waals surface area contributed by atoms with Crippen molar-refractivity contribution in [1.82, 2.24) is 0 Å². The van der Waals surface area contributed by atoms with E-state index in [1.807, 2.05) is 0 Å². The molecule has 0 saturated heterocycles. The van der Waals surface area contributed by atoms with Crippen molar-refractivity contribution in [3.8, 4) is 0 Å². The van der Waals surface area contributed by atoms with Crippen LogP contribution in [0.5, 0.6) is 0 Å². The summed E-state index contributed by atoms with van der Waals surface area (Å²) < 4.78 is 10.3. The van der Waals surface area contributed by atoms with Gasteiger partial charge in [-0.25, -0.2) is 4.79 Å². The Morgan fingerprint density at radius 2 is 1.88 bits per heavy atom. The van der Waals surface area contributed by atoms with Crippen LogP contribution in [0.2, 0.25) is 0 Å². The van der Waals surface area contributed by atoms with Gasteiger partial charge in [0.25, 0.3) is 0 Å². The van der Waals surface area contributed by atoms with Gasteiger partial charge < -0.3 is 24.5 Å². The number of carbonyl (C=O) groups excluding carboxylic acids is 3. The third kappa shape index (κ3) is 7.04. The van der Waals surface area contributed by atoms with E-state index in [9.17, 15) is 24.6 Å². The number of aliphatic hydroxyl groups excluding tert-OH is 1. The van der Waals surface area contributed by atoms with Gasteiger partial charge >= 0.3 is 11.9 Å². The van der Waals surface area contributed by atoms with E-state index in [-0.39, 0.29) is 24.5 Å². The van der Waals surface area contributed by atoms with E-state index in [4.69, 9.17) is 21.1 Å². The van der Waals surface area contributed by atoms with Crippen LogP contribution in [0, 0.1) is 11.8 Å². The summed E-state index contributed by atoms with van der Waals surface area (Å²) >= 11 is 5.55. The second kappa shape index (κ2) is 10.4. The molecule has 8 heteroatoms. The number of carbonyl (C=O) groups is 3. The molecule has 4 unspecified atom stereocenters. The lowest BCUT2D eigenvalue weighted by molar-refractivity contribution is -0.314. The number of halogens is 1. The summed E-state index contributed by atoms with van der Waals surface area (Å²) in [6.45, 7) is 4.64. The normalized spacial score (nSPS) is 22.5. The van der Waals surface area contributed by atoms with E-state index >= 15 is 0 Å². The predicted octanol–water partition coefficient (Wildman–Crippen LogP) is 0.564. The highest BCUT2D eigenvalue weighted by Crippen LogP contribution is 2.30. The fourth-order valence-corrected chi connectivity index (χ4v) is 2.87. The summed E-state index contributed by atoms with van der Waals surface area (Å²) in [6, 6.07) is 0. The Labute approximate surface area is 151 Å². The summed E-state index contributed by atoms with van der Waals surface area (Å²) in [5.74, 6) is -4.30. The van der Waals surface area contributed by atoms with Gasteiger partial charge in [-0.3, -0.25) is 4.79 Å². The Morgan fingerprint density at radius 1 is 1.28 bits per heavy atom. The van der Waals surface area contributed by atoms with Crippen molar-refractivity contribution in [2.24, 2.45) is 11.8 Å². The zero-order valence-electron chi connectivity index (χ0n) is 14.2. The van der Waals surface area contributed by atoms with E-state index in [1.54, 1.807) is 0 Å². The lowest BCUT2D eigenvalue weighted by Gasteiger charge is -2.31. The van der Waals surface area contributed by atoms with Crippen LogP contribution >= 0.6 is 11.6 Å². The summed E-state index contributed by atoms with van der Waals surface area (Å²) in [5, 5.41) is 20.8. The molecule has 1 fully saturated rings. The Morgan fingerprint density at radius 3 is 2.40 bits per heavy atom. The van der Waals surface area contributed by atoms with Crippen molar-refractivity contribution in [1.29, 1.82) is 0 Å². The highest BCUT2D eigenvalue weighted by atomic mass is 35.5. The number of carboxylic acids is 1. The van der Waals surface area contributed by atoms with Gasteiger partial charge in [-0.2, -0.15) is 0 Å². The molecule has 0 amide bonds. The van der Waals surface area contributed by atoms with Crippen molar-refractivity contribution in [2.75, 3.05) is 12.5 Å². The average Bonchev–Trinajstić information content (AvgIpc) is 2.58. The van der Waals surface area contributed by atoms with Gasteiger partial charge in [0.05, 0.1) is 12.0 Å². The summed E-state index contributed by atoms with van der Waals surface area (Å²) in [6.07, 6.45) is 0.413. The molecular formula is C17H24ClO7-. The molecule has 0 aromatic carbocycles. The van der Waals surface area contributed by atoms with Crippen LogP contribution < -0.4 is 5.11 Å². The van der Waals surface area contributed by atoms with Gasteiger partial charge in [0.2, 0.25) is 0 Å². The second-order valence-electron chi connectivity index (χ2n) is 6.30. The molecule has 0 bridgehead atoms. The Bertz CT molecular complexity index is 505. The number of esters is 2. The van der Waals surface area contributed by atoms with Crippen LogP contribution in [0.4, 0.5) is 0 Å². The Hall–Kier alpha value is -1.60. The molecule has 1 aliphatic rings. The Balaban J connectivity index is 2.66. The van der Waals surface area contributed by atoms with Crippen LogP contribution in [0.1, 0.15) is 39.0 Å². The zero-order valence-corrected chi connectivity index (χ0v) is 15.0. The lowest BCUT2D eigenvalue weighted by Crippen LogP contribution is -2.42. The summed E-state index contributed by atoms with van der Waals surface area (Å²) in [5.41, 5.74) is 0.168. The van der Waals surface area contributed by atoms with Crippen molar-refractivity contribution in [2.45, 2.75) is 51.2 Å². The fourth-order valence-electron chi connectivity index (χ4n) is 2.75. The van der Waals surface area contributed by atoms with Crippen LogP contribution in [0.15, 0.2) is 12.2 Å². The molecule has 0 radical (unpaired) electrons. The third-order valence-corrected chi connectivity index (χ3v) is 4.47. The number of hydrogen-bond donors (Lipinski definition) is 1. The molecule has 1 rings (SSSR count). The number of rotatable bonds is 9. The maximum Gasteiger partial charge on any atom is 0.333 e. The molecule has 1 saturated carbocycles. The summed E-state index contributed by atoms with van der Waals surface area (Å²) in [7, 11) is 0. The molecule has 0 aliphatic heterocycles. The van der Waals surface area contributed by atoms with E-state index < -0.39 is 42.0 Å². The van der Waals surface area contributed by atoms with Crippen molar-refractivity contribution >= 4 is 29.5 Å². The van der Waals surface area contributed by atoms with Crippen molar-refractivity contribution < 1.29 is 34.1 Å². The monoisotopic (exact) mass is 375 g/mol. The summed E-state index contributed by atoms with van der Waals surface area (Å²) in [4.78, 5) is 35.0. The number of ether oxygens (including phenoxy) is 2. The first-order valence-electron chi connectivity index (χ1n) is 8.24. The molecule has 0 aromatic heterocycles. The van der Waals surface area contributed by atoms with Crippen molar-refractivity contribution in [3.05, 3.63) is 12.2 Å². The Kier molecular flexibility index (Phi) is 8.92. The number of aliphatic hydroxyl groups is 1. The first kappa shape index (κ1) is 21.4. The first-order chi connectivity index (χ1) is 11.8. The standard InChI is InChI=1S/C17H25ClO7/c1-10(2)16(22)25-12(7-11(19)8-18)9-24-17(23)14-6-4-3-5-13(14)15(20)21/h11-14,19H,1,3-9H2,2H3,(H,20,21)/p-1. The molecule has 1 aliphatic carbocycles. The van der Waals surface area contributed by atoms with Gasteiger partial charge in [-0.15, -0.1) is 11.6 Å². The molecule has 0 aromatic rings. The molecule has 0 spiro atoms. The van der Waals surface area contributed by atoms with E-state index in [1.165, 1.54) is 6.92 Å². The molecule has 1 N–H and O–H groups in total. The minimum atomic E-state index is -1.26. The molecular weight excluding hydrogens is 352 g/mol. The van der Waals surface area contributed by atoms with Crippen LogP contribution in [0.25, 0.3) is 0 Å². The largest absolute Gasteiger partial charge is 0.550 e. The number of aliphatic carboxylic acids is 1. The molecule has 7 nitrogen and oxygen atoms in total. The minimum Gasteiger partial charge on any atom is -0.550 e. The van der Waals surface area contributed by atoms with Crippen molar-refractivity contribution in [3.63, 3.8) is 0 Å². The quantitative estimate of drug-likeness (QED) is 0.356. The van der Waals surface area contributed by atoms with Gasteiger partial charge in [0.15, 0.2) is 0 Å². The first-order valence-corrected chi connectivity index (χ1v) is 8.77. The minimum absolute atomic E-state index is 0.00954. The maximum atomic E-state index is 12.2. The van der Waals surface area contributed by atoms with Gasteiger partial charge in [-0.1, -0.05) is 19.4 Å². The SMILES string of the molecule is C=C(C)C(=O)OC(COC(=O)C1CCCCC1C(=O)[O-])CC(O)CCl. The molecule has 0 heterocycles. The highest BCUT2D eigenvalue weighted by Gasteiger charge is 2.33. The smallest absolute Gasteiger partial charge is 0.333 e. The van der Waals surface area contributed by atoms with E-state index in [2.05, 4.69) is 6.58 Å². The molecule has 25 heavy (non-hydrogen) atoms. The second-order valence-corrected chi connectivity index (χ2v) is 6.61. The van der Waals surface area contributed by atoms with Crippen LogP contribution in [-0.2, 0) is 23.9 Å². The van der Waals surface area contributed by atoms with Gasteiger partial charge in [-0.05, 0) is 19.8 Å². The predicted molar refractivity (Wildman–Crippen MR) is 87.5 cm³/mol. The topological polar surface area (TPSA) is 113 Å². The lowest BCUT2D eigenvalue weighted by atomic mass is 9.79. The highest BCUT2D eigenvalue weighted by molar-refractivity contribution is 6.18. The van der Waals surface area contributed by atoms with E-state index in [0.717, 1.165) is 12.8 Å². The fraction of sp³-hybridized carbons (Fsp3) is 0.706. The van der Waals surface area contributed by atoms with E-state index in [0.29, 0.717) is 12.8 Å². The van der Waals surface area contributed by atoms with Crippen LogP contribution in [0.3, 0.4) is 0 Å². The third-order valence-electron chi connectivity index (χ3n) is 4.12. The number of alkyl halides is 1. The number of hydrogen-bond acceptors (Lipinski definition) is 7. The molecule has 142 valence electrons. The maximum absolute atomic E-state index is 12.2. The van der Waals surface area contributed by atoms with Gasteiger partial charge in [0, 0.05) is 29.8 Å². The molecule has 4 atom stereocenters. The van der Waals surface area contributed by atoms with Crippen LogP contribution in [-0.4, -0.2) is 47.7 Å². The van der Waals surface area contributed by atoms with Gasteiger partial charge in [0.1, 0.15) is 12.7 Å². The number of carboxylic acid groups (broad SMARTS) is 1.